The summed E-state index contributed by atoms with van der Waals surface area (Å²) >= 11 is 5.96. The van der Waals surface area contributed by atoms with Crippen molar-refractivity contribution >= 4 is 22.6 Å². The first kappa shape index (κ1) is 12.5. The second-order valence-electron chi connectivity index (χ2n) is 4.38. The van der Waals surface area contributed by atoms with Crippen molar-refractivity contribution in [1.29, 1.82) is 0 Å². The normalized spacial score (nSPS) is 29.6. The summed E-state index contributed by atoms with van der Waals surface area (Å²) in [5.74, 6) is 0.705. The zero-order chi connectivity index (χ0) is 13.4. The quantitative estimate of drug-likeness (QED) is 0.795. The molecule has 0 unspecified atom stereocenters. The van der Waals surface area contributed by atoms with Crippen LogP contribution in [0.4, 0.5) is 5.82 Å². The maximum Gasteiger partial charge on any atom is 0.155 e. The predicted molar refractivity (Wildman–Crippen MR) is 68.3 cm³/mol. The Balaban J connectivity index is 1.85. The largest absolute Gasteiger partial charge is 0.390 e. The molecule has 1 aromatic rings. The molecule has 2 aliphatic heterocycles. The third kappa shape index (κ3) is 2.11. The van der Waals surface area contributed by atoms with Crippen molar-refractivity contribution in [3.63, 3.8) is 0 Å². The number of halogens is 1. The van der Waals surface area contributed by atoms with Crippen LogP contribution in [0.25, 0.3) is 0 Å². The number of nitrogens with zero attached hydrogens (tertiary/aromatic N) is 4. The van der Waals surface area contributed by atoms with Gasteiger partial charge in [0.1, 0.15) is 37.1 Å². The third-order valence-corrected chi connectivity index (χ3v) is 3.52. The Labute approximate surface area is 113 Å². The number of anilines is 1. The fourth-order valence-electron chi connectivity index (χ4n) is 2.29. The number of aromatic nitrogens is 2. The van der Waals surface area contributed by atoms with E-state index in [0.717, 1.165) is 0 Å². The molecule has 0 bridgehead atoms. The lowest BCUT2D eigenvalue weighted by atomic mass is 10.2. The first-order chi connectivity index (χ1) is 9.20. The Bertz CT molecular complexity index is 531. The van der Waals surface area contributed by atoms with Gasteiger partial charge in [0.2, 0.25) is 0 Å². The van der Waals surface area contributed by atoms with Crippen LogP contribution < -0.4 is 5.32 Å². The molecule has 0 radical (unpaired) electrons. The second kappa shape index (κ2) is 4.87. The number of aliphatic hydroxyl groups excluding tert-OH is 1. The van der Waals surface area contributed by atoms with Gasteiger partial charge in [-0.25, -0.2) is 9.98 Å². The van der Waals surface area contributed by atoms with E-state index in [1.54, 1.807) is 10.9 Å². The maximum atomic E-state index is 10.3. The molecule has 0 aromatic carbocycles. The average Bonchev–Trinajstić information content (AvgIpc) is 2.95. The average molecular weight is 286 g/mol. The monoisotopic (exact) mass is 285 g/mol. The number of aliphatic hydroxyl groups is 1. The van der Waals surface area contributed by atoms with Crippen LogP contribution in [0.15, 0.2) is 16.5 Å². The minimum Gasteiger partial charge on any atom is -0.390 e. The van der Waals surface area contributed by atoms with Crippen LogP contribution in [0.1, 0.15) is 18.3 Å². The van der Waals surface area contributed by atoms with Gasteiger partial charge in [-0.1, -0.05) is 16.8 Å². The van der Waals surface area contributed by atoms with Crippen molar-refractivity contribution in [3.05, 3.63) is 16.9 Å². The molecule has 0 aliphatic carbocycles. The lowest BCUT2D eigenvalue weighted by Crippen LogP contribution is -2.23. The van der Waals surface area contributed by atoms with Gasteiger partial charge >= 0.3 is 0 Å². The Kier molecular flexibility index (Phi) is 3.21. The summed E-state index contributed by atoms with van der Waals surface area (Å²) in [7, 11) is 0. The summed E-state index contributed by atoms with van der Waals surface area (Å²) < 4.78 is 7.37. The fourth-order valence-corrected chi connectivity index (χ4v) is 2.49. The van der Waals surface area contributed by atoms with Crippen molar-refractivity contribution in [2.45, 2.75) is 24.9 Å². The van der Waals surface area contributed by atoms with Crippen molar-refractivity contribution < 1.29 is 9.84 Å². The Hall–Kier alpha value is -1.51. The maximum absolute atomic E-state index is 10.3. The first-order valence-corrected chi connectivity index (χ1v) is 6.22. The van der Waals surface area contributed by atoms with E-state index in [0.29, 0.717) is 29.8 Å². The molecule has 0 saturated carbocycles. The smallest absolute Gasteiger partial charge is 0.155 e. The number of imidazole rings is 1. The second-order valence-corrected chi connectivity index (χ2v) is 4.73. The number of hydrogen-bond donors (Lipinski definition) is 2. The van der Waals surface area contributed by atoms with Crippen LogP contribution in [0.2, 0.25) is 0 Å². The van der Waals surface area contributed by atoms with E-state index < -0.39 is 18.4 Å². The summed E-state index contributed by atoms with van der Waals surface area (Å²) in [6.07, 6.45) is 0.267. The van der Waals surface area contributed by atoms with E-state index in [-0.39, 0.29) is 6.54 Å². The zero-order valence-corrected chi connectivity index (χ0v) is 10.6. The van der Waals surface area contributed by atoms with Crippen LogP contribution in [0, 0.1) is 4.91 Å². The number of nitroso groups, excluding NO2 is 1. The summed E-state index contributed by atoms with van der Waals surface area (Å²) in [5, 5.41) is 16.0. The van der Waals surface area contributed by atoms with Gasteiger partial charge in [0.15, 0.2) is 5.17 Å². The molecule has 2 aliphatic rings. The molecule has 1 aromatic heterocycles. The molecule has 0 spiro atoms. The van der Waals surface area contributed by atoms with Crippen LogP contribution in [-0.2, 0) is 4.74 Å². The van der Waals surface area contributed by atoms with Gasteiger partial charge in [-0.15, -0.1) is 0 Å². The minimum atomic E-state index is -0.714. The van der Waals surface area contributed by atoms with Crippen LogP contribution in [0.5, 0.6) is 0 Å². The molecular formula is C10H12ClN5O3. The molecular weight excluding hydrogens is 274 g/mol. The first-order valence-electron chi connectivity index (χ1n) is 5.84. The van der Waals surface area contributed by atoms with Gasteiger partial charge < -0.3 is 15.2 Å². The molecule has 102 valence electrons. The van der Waals surface area contributed by atoms with Crippen LogP contribution in [0.3, 0.4) is 0 Å². The van der Waals surface area contributed by atoms with Gasteiger partial charge in [0, 0.05) is 6.42 Å². The number of ether oxygens (including phenoxy) is 1. The van der Waals surface area contributed by atoms with Crippen molar-refractivity contribution in [1.82, 2.24) is 9.55 Å². The van der Waals surface area contributed by atoms with Gasteiger partial charge in [-0.3, -0.25) is 4.57 Å². The van der Waals surface area contributed by atoms with Crippen LogP contribution in [-0.4, -0.2) is 45.2 Å². The van der Waals surface area contributed by atoms with Gasteiger partial charge in [-0.05, 0) is 0 Å². The minimum absolute atomic E-state index is 0.0653. The molecule has 2 N–H and O–H groups in total. The van der Waals surface area contributed by atoms with E-state index >= 15 is 0 Å². The number of fused-ring (bicyclic) bond motifs is 1. The molecule has 19 heavy (non-hydrogen) atoms. The van der Waals surface area contributed by atoms with E-state index in [9.17, 15) is 10.0 Å². The van der Waals surface area contributed by atoms with Gasteiger partial charge in [-0.2, -0.15) is 4.91 Å². The van der Waals surface area contributed by atoms with E-state index in [1.165, 1.54) is 0 Å². The fraction of sp³-hybridized carbons (Fsp3) is 0.600. The summed E-state index contributed by atoms with van der Waals surface area (Å²) in [6.45, 7) is 0.302. The number of rotatable bonds is 3. The molecule has 1 fully saturated rings. The summed E-state index contributed by atoms with van der Waals surface area (Å²) in [6, 6.07) is 0. The Morgan fingerprint density at radius 1 is 1.68 bits per heavy atom. The summed E-state index contributed by atoms with van der Waals surface area (Å²) in [5.41, 5.74) is 0.558. The van der Waals surface area contributed by atoms with Gasteiger partial charge in [0.05, 0.1) is 12.4 Å². The highest BCUT2D eigenvalue weighted by atomic mass is 35.5. The molecule has 3 rings (SSSR count). The highest BCUT2D eigenvalue weighted by Crippen LogP contribution is 2.33. The lowest BCUT2D eigenvalue weighted by molar-refractivity contribution is -0.0121. The number of aliphatic imine (C=N–C) groups is 1. The zero-order valence-electron chi connectivity index (χ0n) is 9.86. The molecule has 9 heteroatoms. The Morgan fingerprint density at radius 3 is 3.32 bits per heavy atom. The molecule has 3 atom stereocenters. The van der Waals surface area contributed by atoms with E-state index in [2.05, 4.69) is 20.5 Å². The SMILES string of the molecule is O=NC[C@H]1O[C@@H](n2cnc3c2NCN=C3Cl)C[C@@H]1O. The Morgan fingerprint density at radius 2 is 2.53 bits per heavy atom. The predicted octanol–water partition coefficient (Wildman–Crippen LogP) is 0.666. The molecule has 3 heterocycles. The van der Waals surface area contributed by atoms with Crippen molar-refractivity contribution in [3.8, 4) is 0 Å². The van der Waals surface area contributed by atoms with Crippen molar-refractivity contribution in [2.75, 3.05) is 18.5 Å². The van der Waals surface area contributed by atoms with Crippen molar-refractivity contribution in [2.24, 2.45) is 10.2 Å². The topological polar surface area (TPSA) is 101 Å². The van der Waals surface area contributed by atoms with E-state index in [4.69, 9.17) is 16.3 Å². The lowest BCUT2D eigenvalue weighted by Gasteiger charge is -2.18. The highest BCUT2D eigenvalue weighted by Gasteiger charge is 2.36. The van der Waals surface area contributed by atoms with Gasteiger partial charge in [0.25, 0.3) is 0 Å². The summed E-state index contributed by atoms with van der Waals surface area (Å²) in [4.78, 5) is 18.5. The molecule has 0 amide bonds. The molecule has 8 nitrogen and oxygen atoms in total. The number of nitrogens with one attached hydrogen (secondary N) is 1. The van der Waals surface area contributed by atoms with Crippen LogP contribution >= 0.6 is 11.6 Å². The number of hydrogen-bond acceptors (Lipinski definition) is 7. The molecule has 1 saturated heterocycles. The van der Waals surface area contributed by atoms with E-state index in [1.807, 2.05) is 0 Å². The highest BCUT2D eigenvalue weighted by molar-refractivity contribution is 6.70. The third-order valence-electron chi connectivity index (χ3n) is 3.22. The standard InChI is InChI=1S/C10H12ClN5O3/c11-9-8-10(13-3-12-9)16(4-14-8)7-1-5(17)6(19-7)2-15-18/h4-7,13,17H,1-3H2/t5-,6+,7+/m0/s1.